The minimum atomic E-state index is -3.06. The summed E-state index contributed by atoms with van der Waals surface area (Å²) in [6.45, 7) is 0. The number of nitrogens with one attached hydrogen (secondary N) is 1. The lowest BCUT2D eigenvalue weighted by Gasteiger charge is -2.30. The second-order valence-corrected chi connectivity index (χ2v) is 7.42. The van der Waals surface area contributed by atoms with Gasteiger partial charge in [-0.25, -0.2) is 8.42 Å². The zero-order valence-electron chi connectivity index (χ0n) is 10.6. The summed E-state index contributed by atoms with van der Waals surface area (Å²) in [6, 6.07) is -0.296. The molecule has 2 rings (SSSR count). The number of sulfone groups is 1. The zero-order chi connectivity index (χ0) is 13.3. The molecule has 1 aromatic heterocycles. The predicted octanol–water partition coefficient (Wildman–Crippen LogP) is 1.30. The first-order valence-corrected chi connectivity index (χ1v) is 8.13. The van der Waals surface area contributed by atoms with Gasteiger partial charge in [0.2, 0.25) is 0 Å². The van der Waals surface area contributed by atoms with Crippen LogP contribution in [0.25, 0.3) is 0 Å². The van der Waals surface area contributed by atoms with Gasteiger partial charge in [-0.2, -0.15) is 5.10 Å². The summed E-state index contributed by atoms with van der Waals surface area (Å²) < 4.78 is 26.0. The van der Waals surface area contributed by atoms with Crippen LogP contribution in [0.1, 0.15) is 31.0 Å². The normalized spacial score (nSPS) is 24.9. The van der Waals surface area contributed by atoms with Crippen LogP contribution in [-0.2, 0) is 16.9 Å². The molecule has 0 aromatic carbocycles. The van der Waals surface area contributed by atoms with Crippen LogP contribution >= 0.6 is 11.6 Å². The predicted molar refractivity (Wildman–Crippen MR) is 71.4 cm³/mol. The maximum atomic E-state index is 12.2. The topological polar surface area (TPSA) is 64.0 Å². The molecular weight excluding hydrogens is 274 g/mol. The first-order chi connectivity index (χ1) is 8.47. The highest BCUT2D eigenvalue weighted by Crippen LogP contribution is 2.33. The van der Waals surface area contributed by atoms with Crippen molar-refractivity contribution in [3.8, 4) is 0 Å². The third-order valence-corrected chi connectivity index (χ3v) is 6.12. The van der Waals surface area contributed by atoms with Gasteiger partial charge in [-0.3, -0.25) is 4.68 Å². The van der Waals surface area contributed by atoms with Gasteiger partial charge in [0, 0.05) is 7.05 Å². The highest BCUT2D eigenvalue weighted by atomic mass is 35.5. The number of aromatic nitrogens is 2. The molecule has 18 heavy (non-hydrogen) atoms. The second kappa shape index (κ2) is 5.19. The second-order valence-electron chi connectivity index (χ2n) is 4.67. The van der Waals surface area contributed by atoms with Crippen LogP contribution in [0.4, 0.5) is 0 Å². The van der Waals surface area contributed by atoms with Crippen molar-refractivity contribution in [2.45, 2.75) is 30.6 Å². The van der Waals surface area contributed by atoms with Crippen molar-refractivity contribution in [3.63, 3.8) is 0 Å². The third kappa shape index (κ3) is 2.41. The Morgan fingerprint density at radius 1 is 1.56 bits per heavy atom. The van der Waals surface area contributed by atoms with Crippen LogP contribution in [0.3, 0.4) is 0 Å². The molecule has 1 aromatic rings. The summed E-state index contributed by atoms with van der Waals surface area (Å²) in [5, 5.41) is 7.26. The Bertz CT molecular complexity index is 507. The SMILES string of the molecule is CNC(c1c(Cl)cnn1C)C1CCCCS1(=O)=O. The molecule has 0 aliphatic carbocycles. The van der Waals surface area contributed by atoms with E-state index in [1.54, 1.807) is 25.0 Å². The quantitative estimate of drug-likeness (QED) is 0.912. The molecule has 2 atom stereocenters. The number of nitrogens with zero attached hydrogens (tertiary/aromatic N) is 2. The standard InChI is InChI=1S/C11H18ClN3O2S/c1-13-10(11-8(12)7-14-15(11)2)9-5-3-4-6-18(9,16)17/h7,9-10,13H,3-6H2,1-2H3. The molecule has 1 N–H and O–H groups in total. The molecule has 2 unspecified atom stereocenters. The molecule has 1 aliphatic heterocycles. The van der Waals surface area contributed by atoms with Crippen molar-refractivity contribution in [1.29, 1.82) is 0 Å². The van der Waals surface area contributed by atoms with E-state index in [2.05, 4.69) is 10.4 Å². The molecule has 0 amide bonds. The van der Waals surface area contributed by atoms with Crippen LogP contribution in [-0.4, -0.2) is 36.2 Å². The molecule has 0 saturated carbocycles. The molecule has 0 spiro atoms. The van der Waals surface area contributed by atoms with E-state index in [4.69, 9.17) is 11.6 Å². The molecule has 102 valence electrons. The fraction of sp³-hybridized carbons (Fsp3) is 0.727. The third-order valence-electron chi connectivity index (χ3n) is 3.54. The van der Waals surface area contributed by atoms with E-state index in [1.807, 2.05) is 0 Å². The Balaban J connectivity index is 2.40. The first-order valence-electron chi connectivity index (χ1n) is 6.03. The molecular formula is C11H18ClN3O2S. The highest BCUT2D eigenvalue weighted by molar-refractivity contribution is 7.92. The summed E-state index contributed by atoms with van der Waals surface area (Å²) in [4.78, 5) is 0. The fourth-order valence-electron chi connectivity index (χ4n) is 2.62. The molecule has 2 heterocycles. The van der Waals surface area contributed by atoms with Gasteiger partial charge in [-0.1, -0.05) is 18.0 Å². The minimum absolute atomic E-state index is 0.269. The summed E-state index contributed by atoms with van der Waals surface area (Å²) in [6.07, 6.45) is 3.93. The molecule has 0 radical (unpaired) electrons. The van der Waals surface area contributed by atoms with E-state index < -0.39 is 15.1 Å². The average molecular weight is 292 g/mol. The smallest absolute Gasteiger partial charge is 0.155 e. The minimum Gasteiger partial charge on any atom is -0.311 e. The Labute approximate surface area is 112 Å². The van der Waals surface area contributed by atoms with E-state index in [-0.39, 0.29) is 11.8 Å². The van der Waals surface area contributed by atoms with Gasteiger partial charge >= 0.3 is 0 Å². The molecule has 1 fully saturated rings. The lowest BCUT2D eigenvalue weighted by molar-refractivity contribution is 0.450. The number of halogens is 1. The Morgan fingerprint density at radius 3 is 2.78 bits per heavy atom. The van der Waals surface area contributed by atoms with Gasteiger partial charge in [0.1, 0.15) is 0 Å². The lowest BCUT2D eigenvalue weighted by Crippen LogP contribution is -2.40. The average Bonchev–Trinajstić information content (AvgIpc) is 2.63. The zero-order valence-corrected chi connectivity index (χ0v) is 12.1. The van der Waals surface area contributed by atoms with E-state index in [9.17, 15) is 8.42 Å². The number of hydrogen-bond donors (Lipinski definition) is 1. The summed E-state index contributed by atoms with van der Waals surface area (Å²) in [5.41, 5.74) is 0.745. The fourth-order valence-corrected chi connectivity index (χ4v) is 5.02. The van der Waals surface area contributed by atoms with Crippen LogP contribution in [0.2, 0.25) is 5.02 Å². The summed E-state index contributed by atoms with van der Waals surface area (Å²) in [5.74, 6) is 0.269. The van der Waals surface area contributed by atoms with Crippen LogP contribution in [0.15, 0.2) is 6.20 Å². The van der Waals surface area contributed by atoms with Crippen LogP contribution < -0.4 is 5.32 Å². The van der Waals surface area contributed by atoms with Crippen molar-refractivity contribution in [2.24, 2.45) is 7.05 Å². The van der Waals surface area contributed by atoms with E-state index in [1.165, 1.54) is 0 Å². The van der Waals surface area contributed by atoms with Crippen molar-refractivity contribution in [3.05, 3.63) is 16.9 Å². The van der Waals surface area contributed by atoms with Gasteiger partial charge in [0.25, 0.3) is 0 Å². The van der Waals surface area contributed by atoms with Crippen molar-refractivity contribution < 1.29 is 8.42 Å². The Kier molecular flexibility index (Phi) is 3.99. The highest BCUT2D eigenvalue weighted by Gasteiger charge is 2.37. The van der Waals surface area contributed by atoms with Gasteiger partial charge in [-0.05, 0) is 19.9 Å². The van der Waals surface area contributed by atoms with E-state index >= 15 is 0 Å². The summed E-state index contributed by atoms with van der Waals surface area (Å²) >= 11 is 6.11. The molecule has 7 heteroatoms. The van der Waals surface area contributed by atoms with Crippen molar-refractivity contribution >= 4 is 21.4 Å². The summed E-state index contributed by atoms with van der Waals surface area (Å²) in [7, 11) is 0.484. The van der Waals surface area contributed by atoms with E-state index in [0.29, 0.717) is 11.4 Å². The van der Waals surface area contributed by atoms with Gasteiger partial charge in [-0.15, -0.1) is 0 Å². The molecule has 1 saturated heterocycles. The molecule has 0 bridgehead atoms. The van der Waals surface area contributed by atoms with Crippen LogP contribution in [0.5, 0.6) is 0 Å². The Morgan fingerprint density at radius 2 is 2.28 bits per heavy atom. The monoisotopic (exact) mass is 291 g/mol. The van der Waals surface area contributed by atoms with Gasteiger partial charge in [0.15, 0.2) is 9.84 Å². The Hall–Kier alpha value is -0.590. The molecule has 1 aliphatic rings. The van der Waals surface area contributed by atoms with Crippen molar-refractivity contribution in [1.82, 2.24) is 15.1 Å². The maximum Gasteiger partial charge on any atom is 0.155 e. The maximum absolute atomic E-state index is 12.2. The van der Waals surface area contributed by atoms with E-state index in [0.717, 1.165) is 18.5 Å². The lowest BCUT2D eigenvalue weighted by atomic mass is 10.0. The van der Waals surface area contributed by atoms with Gasteiger partial charge < -0.3 is 5.32 Å². The first kappa shape index (κ1) is 13.8. The molecule has 5 nitrogen and oxygen atoms in total. The number of hydrogen-bond acceptors (Lipinski definition) is 4. The van der Waals surface area contributed by atoms with Crippen LogP contribution in [0, 0.1) is 0 Å². The number of aryl methyl sites for hydroxylation is 1. The number of rotatable bonds is 3. The largest absolute Gasteiger partial charge is 0.311 e. The van der Waals surface area contributed by atoms with Crippen molar-refractivity contribution in [2.75, 3.05) is 12.8 Å². The van der Waals surface area contributed by atoms with Gasteiger partial charge in [0.05, 0.1) is 34.0 Å².